The molecular weight excluding hydrogens is 333 g/mol. The monoisotopic (exact) mass is 345 g/mol. The van der Waals surface area contributed by atoms with Crippen molar-refractivity contribution in [2.45, 2.75) is 0 Å². The van der Waals surface area contributed by atoms with Gasteiger partial charge in [0.05, 0.1) is 23.1 Å². The molecule has 5 heteroatoms. The molecule has 2 N–H and O–H groups in total. The van der Waals surface area contributed by atoms with Gasteiger partial charge in [0.15, 0.2) is 0 Å². The summed E-state index contributed by atoms with van der Waals surface area (Å²) >= 11 is 3.46. The highest BCUT2D eigenvalue weighted by molar-refractivity contribution is 9.10. The molecule has 21 heavy (non-hydrogen) atoms. The number of benzene rings is 2. The number of hydrogen-bond acceptors (Lipinski definition) is 3. The van der Waals surface area contributed by atoms with Gasteiger partial charge in [0, 0.05) is 22.6 Å². The van der Waals surface area contributed by atoms with Crippen LogP contribution in [0, 0.1) is 5.82 Å². The van der Waals surface area contributed by atoms with E-state index in [2.05, 4.69) is 20.9 Å². The third kappa shape index (κ3) is 2.56. The topological polar surface area (TPSA) is 42.1 Å². The van der Waals surface area contributed by atoms with Crippen molar-refractivity contribution in [2.75, 3.05) is 17.7 Å². The molecule has 0 aliphatic rings. The minimum Gasteiger partial charge on any atom is -0.396 e. The highest BCUT2D eigenvalue weighted by Crippen LogP contribution is 2.36. The van der Waals surface area contributed by atoms with Gasteiger partial charge in [-0.25, -0.2) is 4.39 Å². The first kappa shape index (κ1) is 13.8. The number of fused-ring (bicyclic) bond motifs is 1. The van der Waals surface area contributed by atoms with E-state index >= 15 is 0 Å². The number of rotatable bonds is 2. The second-order valence-electron chi connectivity index (χ2n) is 4.76. The Hall–Kier alpha value is -2.14. The van der Waals surface area contributed by atoms with Crippen molar-refractivity contribution < 1.29 is 4.39 Å². The van der Waals surface area contributed by atoms with Crippen LogP contribution >= 0.6 is 15.9 Å². The van der Waals surface area contributed by atoms with Crippen LogP contribution in [0.25, 0.3) is 10.9 Å². The molecule has 3 nitrogen and oxygen atoms in total. The first-order chi connectivity index (χ1) is 10.1. The van der Waals surface area contributed by atoms with Crippen LogP contribution in [0.15, 0.2) is 53.1 Å². The van der Waals surface area contributed by atoms with Crippen LogP contribution < -0.4 is 10.6 Å². The van der Waals surface area contributed by atoms with Crippen LogP contribution in [0.5, 0.6) is 0 Å². The average Bonchev–Trinajstić information content (AvgIpc) is 2.46. The Balaban J connectivity index is 2.23. The highest BCUT2D eigenvalue weighted by atomic mass is 79.9. The highest BCUT2D eigenvalue weighted by Gasteiger charge is 2.13. The zero-order valence-corrected chi connectivity index (χ0v) is 12.9. The van der Waals surface area contributed by atoms with E-state index < -0.39 is 0 Å². The quantitative estimate of drug-likeness (QED) is 0.744. The van der Waals surface area contributed by atoms with Crippen LogP contribution in [0.1, 0.15) is 0 Å². The normalized spacial score (nSPS) is 10.8. The Labute approximate surface area is 130 Å². The van der Waals surface area contributed by atoms with E-state index in [1.54, 1.807) is 12.3 Å². The lowest BCUT2D eigenvalue weighted by molar-refractivity contribution is 0.628. The second kappa shape index (κ2) is 5.33. The lowest BCUT2D eigenvalue weighted by atomic mass is 10.1. The first-order valence-corrected chi connectivity index (χ1v) is 7.18. The lowest BCUT2D eigenvalue weighted by Gasteiger charge is -2.23. The molecule has 2 aromatic carbocycles. The number of halogens is 2. The van der Waals surface area contributed by atoms with Crippen molar-refractivity contribution in [2.24, 2.45) is 0 Å². The minimum absolute atomic E-state index is 0.280. The minimum atomic E-state index is -0.280. The molecule has 106 valence electrons. The van der Waals surface area contributed by atoms with Gasteiger partial charge >= 0.3 is 0 Å². The number of hydrogen-bond donors (Lipinski definition) is 1. The summed E-state index contributed by atoms with van der Waals surface area (Å²) in [5.74, 6) is -0.280. The van der Waals surface area contributed by atoms with Crippen LogP contribution in [0.4, 0.5) is 21.5 Å². The fraction of sp³-hybridized carbons (Fsp3) is 0.0625. The average molecular weight is 346 g/mol. The van der Waals surface area contributed by atoms with Gasteiger partial charge in [-0.05, 0) is 36.4 Å². The summed E-state index contributed by atoms with van der Waals surface area (Å²) in [5.41, 5.74) is 9.03. The van der Waals surface area contributed by atoms with Gasteiger partial charge in [-0.1, -0.05) is 22.0 Å². The lowest BCUT2D eigenvalue weighted by Crippen LogP contribution is -2.12. The molecule has 0 aliphatic heterocycles. The SMILES string of the molecule is CN(c1cccc(F)c1)c1c(N)cnc2ccc(Br)cc12. The maximum Gasteiger partial charge on any atom is 0.125 e. The third-order valence-corrected chi connectivity index (χ3v) is 3.85. The zero-order chi connectivity index (χ0) is 15.0. The number of pyridine rings is 1. The molecule has 0 bridgehead atoms. The molecule has 0 spiro atoms. The van der Waals surface area contributed by atoms with E-state index in [0.29, 0.717) is 5.69 Å². The van der Waals surface area contributed by atoms with E-state index in [1.165, 1.54) is 12.1 Å². The largest absolute Gasteiger partial charge is 0.396 e. The predicted molar refractivity (Wildman–Crippen MR) is 88.3 cm³/mol. The molecular formula is C16H13BrFN3. The fourth-order valence-electron chi connectivity index (χ4n) is 2.35. The summed E-state index contributed by atoms with van der Waals surface area (Å²) < 4.78 is 14.4. The molecule has 1 aromatic heterocycles. The second-order valence-corrected chi connectivity index (χ2v) is 5.68. The third-order valence-electron chi connectivity index (χ3n) is 3.36. The first-order valence-electron chi connectivity index (χ1n) is 6.39. The molecule has 0 amide bonds. The van der Waals surface area contributed by atoms with E-state index in [4.69, 9.17) is 5.73 Å². The molecule has 0 aliphatic carbocycles. The summed E-state index contributed by atoms with van der Waals surface area (Å²) in [7, 11) is 1.86. The molecule has 3 rings (SSSR count). The van der Waals surface area contributed by atoms with Gasteiger partial charge in [0.1, 0.15) is 5.82 Å². The maximum absolute atomic E-state index is 13.4. The van der Waals surface area contributed by atoms with Gasteiger partial charge in [-0.15, -0.1) is 0 Å². The molecule has 0 saturated heterocycles. The van der Waals surface area contributed by atoms with Gasteiger partial charge < -0.3 is 10.6 Å². The number of anilines is 3. The Morgan fingerprint density at radius 1 is 1.19 bits per heavy atom. The van der Waals surface area contributed by atoms with Crippen molar-refractivity contribution in [1.29, 1.82) is 0 Å². The molecule has 3 aromatic rings. The summed E-state index contributed by atoms with van der Waals surface area (Å²) in [6.45, 7) is 0. The van der Waals surface area contributed by atoms with Crippen molar-refractivity contribution in [3.63, 3.8) is 0 Å². The van der Waals surface area contributed by atoms with E-state index in [-0.39, 0.29) is 5.82 Å². The van der Waals surface area contributed by atoms with Crippen LogP contribution in [0.3, 0.4) is 0 Å². The van der Waals surface area contributed by atoms with Crippen molar-refractivity contribution in [3.8, 4) is 0 Å². The number of aromatic nitrogens is 1. The summed E-state index contributed by atoms with van der Waals surface area (Å²) in [6.07, 6.45) is 1.63. The molecule has 0 fully saturated rings. The summed E-state index contributed by atoms with van der Waals surface area (Å²) in [5, 5.41) is 0.913. The smallest absolute Gasteiger partial charge is 0.125 e. The maximum atomic E-state index is 13.4. The van der Waals surface area contributed by atoms with Crippen molar-refractivity contribution >= 4 is 43.9 Å². The predicted octanol–water partition coefficient (Wildman–Crippen LogP) is 4.49. The molecule has 0 atom stereocenters. The van der Waals surface area contributed by atoms with Gasteiger partial charge in [-0.3, -0.25) is 4.98 Å². The number of nitrogens with two attached hydrogens (primary N) is 1. The summed E-state index contributed by atoms with van der Waals surface area (Å²) in [6, 6.07) is 12.2. The zero-order valence-electron chi connectivity index (χ0n) is 11.3. The standard InChI is InChI=1S/C16H13BrFN3/c1-21(12-4-2-3-11(18)8-12)16-13-7-10(17)5-6-15(13)20-9-14(16)19/h2-9H,19H2,1H3. The Bertz CT molecular complexity index is 814. The van der Waals surface area contributed by atoms with E-state index in [1.807, 2.05) is 36.2 Å². The number of nitrogen functional groups attached to an aromatic ring is 1. The van der Waals surface area contributed by atoms with Gasteiger partial charge in [0.2, 0.25) is 0 Å². The van der Waals surface area contributed by atoms with Gasteiger partial charge in [-0.2, -0.15) is 0 Å². The molecule has 0 saturated carbocycles. The number of nitrogens with zero attached hydrogens (tertiary/aromatic N) is 2. The Kier molecular flexibility index (Phi) is 3.51. The Morgan fingerprint density at radius 3 is 2.76 bits per heavy atom. The van der Waals surface area contributed by atoms with E-state index in [9.17, 15) is 4.39 Å². The van der Waals surface area contributed by atoms with E-state index in [0.717, 1.165) is 26.8 Å². The summed E-state index contributed by atoms with van der Waals surface area (Å²) in [4.78, 5) is 6.20. The van der Waals surface area contributed by atoms with Gasteiger partial charge in [0.25, 0.3) is 0 Å². The fourth-order valence-corrected chi connectivity index (χ4v) is 2.72. The Morgan fingerprint density at radius 2 is 2.00 bits per heavy atom. The molecule has 0 radical (unpaired) electrons. The van der Waals surface area contributed by atoms with Crippen molar-refractivity contribution in [1.82, 2.24) is 4.98 Å². The molecule has 1 heterocycles. The van der Waals surface area contributed by atoms with Crippen molar-refractivity contribution in [3.05, 3.63) is 59.0 Å². The van der Waals surface area contributed by atoms with Crippen LogP contribution in [0.2, 0.25) is 0 Å². The molecule has 0 unspecified atom stereocenters. The van der Waals surface area contributed by atoms with Crippen LogP contribution in [-0.2, 0) is 0 Å². The van der Waals surface area contributed by atoms with Crippen LogP contribution in [-0.4, -0.2) is 12.0 Å².